The average Bonchev–Trinajstić information content (AvgIpc) is 3.27. The molecule has 0 bridgehead atoms. The van der Waals surface area contributed by atoms with Gasteiger partial charge in [0.2, 0.25) is 15.9 Å². The van der Waals surface area contributed by atoms with Gasteiger partial charge in [-0.15, -0.1) is 0 Å². The van der Waals surface area contributed by atoms with Crippen molar-refractivity contribution < 1.29 is 18.0 Å². The van der Waals surface area contributed by atoms with Crippen molar-refractivity contribution in [2.24, 2.45) is 0 Å². The lowest BCUT2D eigenvalue weighted by molar-refractivity contribution is -0.128. The smallest absolute Gasteiger partial charge is 0.332 e. The molecule has 3 amide bonds. The fourth-order valence-corrected chi connectivity index (χ4v) is 5.35. The minimum Gasteiger partial charge on any atom is -0.339 e. The van der Waals surface area contributed by atoms with Gasteiger partial charge in [-0.1, -0.05) is 12.6 Å². The second kappa shape index (κ2) is 8.57. The number of aryl methyl sites for hydroxylation is 2. The Bertz CT molecular complexity index is 921. The number of carbonyl (C=O) groups excluding carboxylic acids is 2. The molecular formula is C21H29N3O4S. The fraction of sp³-hybridized carbons (Fsp3) is 0.524. The molecular weight excluding hydrogens is 390 g/mol. The van der Waals surface area contributed by atoms with E-state index in [1.165, 1.54) is 23.0 Å². The maximum absolute atomic E-state index is 12.5. The number of nitrogens with one attached hydrogen (secondary N) is 2. The van der Waals surface area contributed by atoms with Crippen molar-refractivity contribution in [2.75, 3.05) is 24.2 Å². The predicted molar refractivity (Wildman–Crippen MR) is 114 cm³/mol. The summed E-state index contributed by atoms with van der Waals surface area (Å²) in [5.41, 5.74) is 5.96. The van der Waals surface area contributed by atoms with Gasteiger partial charge in [0.25, 0.3) is 0 Å². The summed E-state index contributed by atoms with van der Waals surface area (Å²) in [5, 5.41) is 2.82. The van der Waals surface area contributed by atoms with Crippen LogP contribution in [0.1, 0.15) is 48.9 Å². The molecule has 0 unspecified atom stereocenters. The number of likely N-dealkylation sites (N-methyl/N-ethyl adjacent to an activating group) is 1. The Morgan fingerprint density at radius 1 is 1.10 bits per heavy atom. The fourth-order valence-electron chi connectivity index (χ4n) is 4.31. The van der Waals surface area contributed by atoms with Crippen molar-refractivity contribution in [3.05, 3.63) is 40.5 Å². The maximum Gasteiger partial charge on any atom is 0.332 e. The van der Waals surface area contributed by atoms with Crippen LogP contribution in [0.4, 0.5) is 10.5 Å². The van der Waals surface area contributed by atoms with Gasteiger partial charge in [0.1, 0.15) is 0 Å². The molecule has 0 spiro atoms. The van der Waals surface area contributed by atoms with E-state index < -0.39 is 21.8 Å². The molecule has 2 aliphatic rings. The third-order valence-corrected chi connectivity index (χ3v) is 6.88. The molecule has 0 aromatic heterocycles. The van der Waals surface area contributed by atoms with Crippen molar-refractivity contribution in [2.45, 2.75) is 52.4 Å². The minimum atomic E-state index is -3.91. The SMILES string of the molecule is C=C(CN(CC)C(C)=O)CS(=O)(=O)NC(=O)Nc1c2c(cc3c1CCC3)CCC2. The molecule has 3 rings (SSSR count). The van der Waals surface area contributed by atoms with Gasteiger partial charge in [-0.05, 0) is 73.3 Å². The number of benzene rings is 1. The largest absolute Gasteiger partial charge is 0.339 e. The van der Waals surface area contributed by atoms with Crippen molar-refractivity contribution in [3.8, 4) is 0 Å². The molecule has 1 aromatic rings. The molecule has 8 heteroatoms. The Balaban J connectivity index is 1.67. The highest BCUT2D eigenvalue weighted by Crippen LogP contribution is 2.38. The molecule has 0 heterocycles. The summed E-state index contributed by atoms with van der Waals surface area (Å²) in [6.45, 7) is 7.60. The van der Waals surface area contributed by atoms with Crippen molar-refractivity contribution in [1.29, 1.82) is 0 Å². The lowest BCUT2D eigenvalue weighted by Crippen LogP contribution is -2.38. The zero-order valence-electron chi connectivity index (χ0n) is 17.1. The molecule has 7 nitrogen and oxygen atoms in total. The number of carbonyl (C=O) groups is 2. The number of rotatable bonds is 7. The summed E-state index contributed by atoms with van der Waals surface area (Å²) in [6.07, 6.45) is 5.91. The lowest BCUT2D eigenvalue weighted by atomic mass is 9.99. The first-order valence-electron chi connectivity index (χ1n) is 10.1. The number of urea groups is 1. The lowest BCUT2D eigenvalue weighted by Gasteiger charge is -2.20. The Morgan fingerprint density at radius 2 is 1.69 bits per heavy atom. The van der Waals surface area contributed by atoms with Crippen LogP contribution in [-0.4, -0.2) is 44.1 Å². The second-order valence-electron chi connectivity index (χ2n) is 7.83. The summed E-state index contributed by atoms with van der Waals surface area (Å²) in [7, 11) is -3.91. The van der Waals surface area contributed by atoms with E-state index in [1.807, 2.05) is 6.92 Å². The van der Waals surface area contributed by atoms with E-state index >= 15 is 0 Å². The molecule has 0 saturated heterocycles. The van der Waals surface area contributed by atoms with Crippen LogP contribution in [0.5, 0.6) is 0 Å². The third-order valence-electron chi connectivity index (χ3n) is 5.60. The van der Waals surface area contributed by atoms with Gasteiger partial charge in [0, 0.05) is 25.7 Å². The number of amides is 3. The van der Waals surface area contributed by atoms with Crippen molar-refractivity contribution in [1.82, 2.24) is 9.62 Å². The highest BCUT2D eigenvalue weighted by molar-refractivity contribution is 7.90. The Morgan fingerprint density at radius 3 is 2.21 bits per heavy atom. The van der Waals surface area contributed by atoms with Crippen LogP contribution in [0.3, 0.4) is 0 Å². The normalized spacial score (nSPS) is 14.8. The van der Waals surface area contributed by atoms with Crippen LogP contribution in [-0.2, 0) is 40.5 Å². The summed E-state index contributed by atoms with van der Waals surface area (Å²) < 4.78 is 26.9. The van der Waals surface area contributed by atoms with E-state index in [0.29, 0.717) is 12.1 Å². The van der Waals surface area contributed by atoms with Crippen molar-refractivity contribution in [3.63, 3.8) is 0 Å². The number of sulfonamides is 1. The predicted octanol–water partition coefficient (Wildman–Crippen LogP) is 2.54. The first-order valence-corrected chi connectivity index (χ1v) is 11.8. The average molecular weight is 420 g/mol. The zero-order valence-corrected chi connectivity index (χ0v) is 18.0. The van der Waals surface area contributed by atoms with Gasteiger partial charge in [-0.25, -0.2) is 17.9 Å². The summed E-state index contributed by atoms with van der Waals surface area (Å²) in [6, 6.07) is 1.51. The van der Waals surface area contributed by atoms with Gasteiger partial charge in [-0.2, -0.15) is 0 Å². The van der Waals surface area contributed by atoms with Gasteiger partial charge in [0.15, 0.2) is 0 Å². The number of fused-ring (bicyclic) bond motifs is 2. The molecule has 0 aliphatic heterocycles. The number of nitrogens with zero attached hydrogens (tertiary/aromatic N) is 1. The third kappa shape index (κ3) is 4.98. The van der Waals surface area contributed by atoms with Crippen LogP contribution in [0.2, 0.25) is 0 Å². The first kappa shape index (κ1) is 21.4. The zero-order chi connectivity index (χ0) is 21.2. The van der Waals surface area contributed by atoms with E-state index in [1.54, 1.807) is 0 Å². The number of anilines is 1. The Kier molecular flexibility index (Phi) is 6.31. The number of hydrogen-bond donors (Lipinski definition) is 2. The summed E-state index contributed by atoms with van der Waals surface area (Å²) in [4.78, 5) is 25.5. The highest BCUT2D eigenvalue weighted by atomic mass is 32.2. The van der Waals surface area contributed by atoms with Gasteiger partial charge in [-0.3, -0.25) is 4.79 Å². The molecule has 2 aliphatic carbocycles. The molecule has 0 saturated carbocycles. The maximum atomic E-state index is 12.5. The topological polar surface area (TPSA) is 95.6 Å². The van der Waals surface area contributed by atoms with E-state index in [0.717, 1.165) is 55.3 Å². The van der Waals surface area contributed by atoms with Crippen molar-refractivity contribution >= 4 is 27.6 Å². The molecule has 0 radical (unpaired) electrons. The van der Waals surface area contributed by atoms with Crippen LogP contribution < -0.4 is 10.0 Å². The van der Waals surface area contributed by atoms with Gasteiger partial charge >= 0.3 is 6.03 Å². The second-order valence-corrected chi connectivity index (χ2v) is 9.55. The molecule has 1 aromatic carbocycles. The molecule has 158 valence electrons. The monoisotopic (exact) mass is 419 g/mol. The quantitative estimate of drug-likeness (QED) is 0.664. The highest BCUT2D eigenvalue weighted by Gasteiger charge is 2.26. The molecule has 0 atom stereocenters. The Labute approximate surface area is 172 Å². The van der Waals surface area contributed by atoms with E-state index in [-0.39, 0.29) is 12.5 Å². The van der Waals surface area contributed by atoms with Crippen LogP contribution in [0.15, 0.2) is 18.2 Å². The van der Waals surface area contributed by atoms with E-state index in [4.69, 9.17) is 0 Å². The number of hydrogen-bond acceptors (Lipinski definition) is 4. The Hall–Kier alpha value is -2.35. The minimum absolute atomic E-state index is 0.147. The van der Waals surface area contributed by atoms with Crippen LogP contribution >= 0.6 is 0 Å². The molecule has 0 fully saturated rings. The van der Waals surface area contributed by atoms with E-state index in [2.05, 4.69) is 22.7 Å². The van der Waals surface area contributed by atoms with Gasteiger partial charge < -0.3 is 10.2 Å². The summed E-state index contributed by atoms with van der Waals surface area (Å²) >= 11 is 0. The first-order chi connectivity index (χ1) is 13.7. The van der Waals surface area contributed by atoms with Crippen LogP contribution in [0, 0.1) is 0 Å². The van der Waals surface area contributed by atoms with Crippen LogP contribution in [0.25, 0.3) is 0 Å². The van der Waals surface area contributed by atoms with E-state index in [9.17, 15) is 18.0 Å². The molecule has 2 N–H and O–H groups in total. The molecule has 29 heavy (non-hydrogen) atoms. The van der Waals surface area contributed by atoms with Gasteiger partial charge in [0.05, 0.1) is 5.75 Å². The standard InChI is InChI=1S/C21H29N3O4S/c1-4-24(15(3)25)12-14(2)13-29(27,28)23-21(26)22-20-18-9-5-7-16(18)11-17-8-6-10-19(17)20/h11H,2,4-10,12-13H2,1,3H3,(H2,22,23,26). The summed E-state index contributed by atoms with van der Waals surface area (Å²) in [5.74, 6) is -0.557.